The second-order valence-corrected chi connectivity index (χ2v) is 5.31. The van der Waals surface area contributed by atoms with Crippen LogP contribution in [-0.4, -0.2) is 52.4 Å². The van der Waals surface area contributed by atoms with Crippen LogP contribution in [0.25, 0.3) is 0 Å². The van der Waals surface area contributed by atoms with Gasteiger partial charge in [0.1, 0.15) is 5.69 Å². The Balaban J connectivity index is 1.80. The minimum atomic E-state index is -0.355. The number of nitrogens with one attached hydrogen (secondary N) is 2. The highest BCUT2D eigenvalue weighted by molar-refractivity contribution is 5.92. The van der Waals surface area contributed by atoms with E-state index in [0.29, 0.717) is 18.8 Å². The Bertz CT molecular complexity index is 676. The summed E-state index contributed by atoms with van der Waals surface area (Å²) in [5.41, 5.74) is 1.16. The molecule has 0 bridgehead atoms. The molecule has 1 aliphatic heterocycles. The third-order valence-electron chi connectivity index (χ3n) is 3.95. The summed E-state index contributed by atoms with van der Waals surface area (Å²) in [6.07, 6.45) is 1.43. The lowest BCUT2D eigenvalue weighted by atomic mass is 10.0. The summed E-state index contributed by atoms with van der Waals surface area (Å²) >= 11 is 0. The molecular weight excluding hydrogens is 268 g/mol. The fourth-order valence-corrected chi connectivity index (χ4v) is 2.71. The monoisotopic (exact) mass is 286 g/mol. The van der Waals surface area contributed by atoms with Gasteiger partial charge in [0.2, 0.25) is 0 Å². The number of aromatic nitrogens is 2. The number of amides is 1. The molecule has 1 unspecified atom stereocenters. The molecule has 1 atom stereocenters. The zero-order valence-corrected chi connectivity index (χ0v) is 11.9. The fraction of sp³-hybridized carbons (Fsp3) is 0.333. The van der Waals surface area contributed by atoms with Crippen molar-refractivity contribution >= 4 is 5.91 Å². The van der Waals surface area contributed by atoms with Crippen LogP contribution < -0.4 is 5.69 Å². The van der Waals surface area contributed by atoms with E-state index in [4.69, 9.17) is 0 Å². The van der Waals surface area contributed by atoms with Crippen LogP contribution in [0.15, 0.2) is 41.3 Å². The summed E-state index contributed by atoms with van der Waals surface area (Å²) in [6.45, 7) is 2.08. The van der Waals surface area contributed by atoms with Crippen molar-refractivity contribution in [2.24, 2.45) is 0 Å². The van der Waals surface area contributed by atoms with Crippen LogP contribution in [0, 0.1) is 0 Å². The maximum absolute atomic E-state index is 12.4. The van der Waals surface area contributed by atoms with Gasteiger partial charge in [0.25, 0.3) is 5.91 Å². The lowest BCUT2D eigenvalue weighted by molar-refractivity contribution is 0.0541. The smallest absolute Gasteiger partial charge is 0.323 e. The van der Waals surface area contributed by atoms with E-state index in [9.17, 15) is 9.59 Å². The van der Waals surface area contributed by atoms with Gasteiger partial charge >= 0.3 is 5.69 Å². The number of nitrogens with zero attached hydrogens (tertiary/aromatic N) is 2. The molecule has 6 heteroatoms. The van der Waals surface area contributed by atoms with Crippen molar-refractivity contribution in [1.82, 2.24) is 19.8 Å². The highest BCUT2D eigenvalue weighted by Gasteiger charge is 2.29. The highest BCUT2D eigenvalue weighted by atomic mass is 16.2. The normalized spacial score (nSPS) is 19.7. The van der Waals surface area contributed by atoms with Gasteiger partial charge in [-0.1, -0.05) is 30.3 Å². The van der Waals surface area contributed by atoms with E-state index in [2.05, 4.69) is 34.0 Å². The van der Waals surface area contributed by atoms with Gasteiger partial charge in [-0.25, -0.2) is 4.79 Å². The lowest BCUT2D eigenvalue weighted by Crippen LogP contribution is -2.49. The third kappa shape index (κ3) is 2.75. The Morgan fingerprint density at radius 2 is 2.00 bits per heavy atom. The van der Waals surface area contributed by atoms with Gasteiger partial charge in [0.05, 0.1) is 6.04 Å². The van der Waals surface area contributed by atoms with Crippen molar-refractivity contribution in [3.8, 4) is 0 Å². The topological polar surface area (TPSA) is 72.2 Å². The maximum Gasteiger partial charge on any atom is 0.323 e. The number of carbonyl (C=O) groups is 1. The van der Waals surface area contributed by atoms with Crippen LogP contribution in [0.2, 0.25) is 0 Å². The second kappa shape index (κ2) is 5.57. The predicted molar refractivity (Wildman–Crippen MR) is 79.1 cm³/mol. The van der Waals surface area contributed by atoms with E-state index in [-0.39, 0.29) is 17.6 Å². The molecule has 0 aliphatic carbocycles. The van der Waals surface area contributed by atoms with Crippen LogP contribution in [-0.2, 0) is 0 Å². The Morgan fingerprint density at radius 3 is 2.67 bits per heavy atom. The highest BCUT2D eigenvalue weighted by Crippen LogP contribution is 2.24. The van der Waals surface area contributed by atoms with Gasteiger partial charge in [-0.05, 0) is 12.6 Å². The summed E-state index contributed by atoms with van der Waals surface area (Å²) in [5, 5.41) is 0. The molecule has 2 aromatic rings. The van der Waals surface area contributed by atoms with E-state index in [1.54, 1.807) is 4.90 Å². The second-order valence-electron chi connectivity index (χ2n) is 5.31. The van der Waals surface area contributed by atoms with Crippen LogP contribution in [0.5, 0.6) is 0 Å². The Morgan fingerprint density at radius 1 is 1.24 bits per heavy atom. The number of hydrogen-bond acceptors (Lipinski definition) is 3. The molecule has 0 spiro atoms. The number of hydrogen-bond donors (Lipinski definition) is 2. The molecule has 2 heterocycles. The molecule has 1 fully saturated rings. The minimum absolute atomic E-state index is 0.137. The molecule has 0 saturated carbocycles. The zero-order chi connectivity index (χ0) is 14.8. The molecule has 1 aliphatic rings. The molecule has 3 rings (SSSR count). The minimum Gasteiger partial charge on any atom is -0.334 e. The summed E-state index contributed by atoms with van der Waals surface area (Å²) in [7, 11) is 2.07. The first-order valence-electron chi connectivity index (χ1n) is 6.97. The van der Waals surface area contributed by atoms with Crippen molar-refractivity contribution < 1.29 is 4.79 Å². The first kappa shape index (κ1) is 13.6. The van der Waals surface area contributed by atoms with E-state index >= 15 is 0 Å². The molecule has 110 valence electrons. The first-order valence-corrected chi connectivity index (χ1v) is 6.97. The molecule has 1 aromatic carbocycles. The molecule has 6 nitrogen and oxygen atoms in total. The van der Waals surface area contributed by atoms with Crippen molar-refractivity contribution in [2.75, 3.05) is 26.7 Å². The summed E-state index contributed by atoms with van der Waals surface area (Å²) < 4.78 is 0. The number of aromatic amines is 2. The van der Waals surface area contributed by atoms with Crippen molar-refractivity contribution in [3.05, 3.63) is 58.3 Å². The number of imidazole rings is 1. The number of rotatable bonds is 2. The predicted octanol–water partition coefficient (Wildman–Crippen LogP) is 0.832. The van der Waals surface area contributed by atoms with Gasteiger partial charge in [0.15, 0.2) is 0 Å². The van der Waals surface area contributed by atoms with Crippen LogP contribution >= 0.6 is 0 Å². The molecule has 1 amide bonds. The summed E-state index contributed by atoms with van der Waals surface area (Å²) in [4.78, 5) is 32.6. The SMILES string of the molecule is CN1CCN(C(=O)c2c[nH]c(=O)[nH]2)CC1c1ccccc1. The van der Waals surface area contributed by atoms with Crippen molar-refractivity contribution in [1.29, 1.82) is 0 Å². The van der Waals surface area contributed by atoms with E-state index < -0.39 is 0 Å². The molecule has 0 radical (unpaired) electrons. The van der Waals surface area contributed by atoms with Gasteiger partial charge < -0.3 is 14.9 Å². The third-order valence-corrected chi connectivity index (χ3v) is 3.95. The average Bonchev–Trinajstić information content (AvgIpc) is 2.94. The first-order chi connectivity index (χ1) is 10.1. The molecule has 21 heavy (non-hydrogen) atoms. The molecule has 1 aromatic heterocycles. The van der Waals surface area contributed by atoms with Crippen LogP contribution in [0.3, 0.4) is 0 Å². The summed E-state index contributed by atoms with van der Waals surface area (Å²) in [5.74, 6) is -0.137. The van der Waals surface area contributed by atoms with E-state index in [0.717, 1.165) is 6.54 Å². The largest absolute Gasteiger partial charge is 0.334 e. The lowest BCUT2D eigenvalue weighted by Gasteiger charge is -2.39. The van der Waals surface area contributed by atoms with Gasteiger partial charge in [-0.3, -0.25) is 9.69 Å². The van der Waals surface area contributed by atoms with Crippen LogP contribution in [0.1, 0.15) is 22.1 Å². The van der Waals surface area contributed by atoms with Crippen LogP contribution in [0.4, 0.5) is 0 Å². The number of piperazine rings is 1. The molecule has 1 saturated heterocycles. The number of H-pyrrole nitrogens is 2. The Kier molecular flexibility index (Phi) is 3.62. The molecular formula is C15H18N4O2. The Labute approximate surface area is 122 Å². The Hall–Kier alpha value is -2.34. The van der Waals surface area contributed by atoms with Gasteiger partial charge in [-0.2, -0.15) is 0 Å². The standard InChI is InChI=1S/C15H18N4O2/c1-18-7-8-19(14(20)12-9-16-15(21)17-12)10-13(18)11-5-3-2-4-6-11/h2-6,9,13H,7-8,10H2,1H3,(H2,16,17,21). The fourth-order valence-electron chi connectivity index (χ4n) is 2.71. The van der Waals surface area contributed by atoms with Crippen molar-refractivity contribution in [2.45, 2.75) is 6.04 Å². The summed E-state index contributed by atoms with van der Waals surface area (Å²) in [6, 6.07) is 10.3. The quantitative estimate of drug-likeness (QED) is 0.859. The van der Waals surface area contributed by atoms with Crippen molar-refractivity contribution in [3.63, 3.8) is 0 Å². The zero-order valence-electron chi connectivity index (χ0n) is 11.9. The molecule has 2 N–H and O–H groups in total. The number of benzene rings is 1. The average molecular weight is 286 g/mol. The maximum atomic E-state index is 12.4. The van der Waals surface area contributed by atoms with E-state index in [1.165, 1.54) is 11.8 Å². The number of likely N-dealkylation sites (N-methyl/N-ethyl adjacent to an activating group) is 1. The van der Waals surface area contributed by atoms with Gasteiger partial charge in [-0.15, -0.1) is 0 Å². The van der Waals surface area contributed by atoms with E-state index in [1.807, 2.05) is 18.2 Å². The number of carbonyl (C=O) groups excluding carboxylic acids is 1. The van der Waals surface area contributed by atoms with Gasteiger partial charge in [0, 0.05) is 25.8 Å².